The Morgan fingerprint density at radius 1 is 0.938 bits per heavy atom. The van der Waals surface area contributed by atoms with E-state index >= 15 is 0 Å². The molecule has 0 aliphatic carbocycles. The van der Waals surface area contributed by atoms with Crippen LogP contribution in [0.1, 0.15) is 30.9 Å². The van der Waals surface area contributed by atoms with E-state index in [-0.39, 0.29) is 23.8 Å². The summed E-state index contributed by atoms with van der Waals surface area (Å²) in [6, 6.07) is 19.9. The summed E-state index contributed by atoms with van der Waals surface area (Å²) in [5.74, 6) is 0. The number of hydrogen-bond acceptors (Lipinski definition) is 4. The van der Waals surface area contributed by atoms with Crippen LogP contribution in [0.25, 0.3) is 11.1 Å². The molecule has 0 unspecified atom stereocenters. The van der Waals surface area contributed by atoms with Gasteiger partial charge in [-0.25, -0.2) is 13.1 Å². The van der Waals surface area contributed by atoms with Gasteiger partial charge >= 0.3 is 0 Å². The van der Waals surface area contributed by atoms with Crippen LogP contribution in [-0.2, 0) is 23.0 Å². The molecule has 0 spiro atoms. The molecule has 1 N–H and O–H groups in total. The third kappa shape index (κ3) is 6.17. The minimum absolute atomic E-state index is 0. The number of nitrogens with one attached hydrogen (secondary N) is 1. The smallest absolute Gasteiger partial charge is 0.240 e. The number of sulfonamides is 1. The number of benzene rings is 2. The number of likely N-dealkylation sites (tertiary alicyclic amines) is 1. The van der Waals surface area contributed by atoms with Crippen molar-refractivity contribution in [1.29, 1.82) is 0 Å². The molecule has 0 radical (unpaired) electrons. The molecule has 7 heteroatoms. The summed E-state index contributed by atoms with van der Waals surface area (Å²) >= 11 is 0. The lowest BCUT2D eigenvalue weighted by Gasteiger charge is -2.20. The molecular weight excluding hydrogens is 442 g/mol. The highest BCUT2D eigenvalue weighted by molar-refractivity contribution is 7.89. The Morgan fingerprint density at radius 3 is 2.16 bits per heavy atom. The van der Waals surface area contributed by atoms with E-state index in [0.717, 1.165) is 29.7 Å². The number of nitrogens with zero attached hydrogens (tertiary/aromatic N) is 2. The summed E-state index contributed by atoms with van der Waals surface area (Å²) < 4.78 is 27.8. The summed E-state index contributed by atoms with van der Waals surface area (Å²) in [6.07, 6.45) is 6.98. The van der Waals surface area contributed by atoms with Gasteiger partial charge in [-0.05, 0) is 79.3 Å². The largest absolute Gasteiger partial charge is 0.300 e. The molecule has 2 heterocycles. The molecule has 3 aromatic rings. The molecule has 0 saturated carbocycles. The standard InChI is InChI=1S/C25H29N3O2S.ClH/c1-20-3-2-17-28(20)18-14-21-4-6-23(7-5-21)24-8-10-25(11-9-24)31(29,30)27-19-22-12-15-26-16-13-22;/h4-13,15-16,20,27H,2-3,14,17-19H2,1H3;1H/t20-;/m1./s1. The number of aromatic nitrogens is 1. The number of rotatable bonds is 8. The van der Waals surface area contributed by atoms with E-state index in [4.69, 9.17) is 0 Å². The first-order valence-corrected chi connectivity index (χ1v) is 12.3. The molecule has 1 aromatic heterocycles. The first-order chi connectivity index (χ1) is 15.0. The van der Waals surface area contributed by atoms with Crippen molar-refractivity contribution >= 4 is 22.4 Å². The van der Waals surface area contributed by atoms with Gasteiger partial charge in [0.05, 0.1) is 4.90 Å². The van der Waals surface area contributed by atoms with Crippen molar-refractivity contribution < 1.29 is 8.42 Å². The van der Waals surface area contributed by atoms with Gasteiger partial charge < -0.3 is 4.90 Å². The summed E-state index contributed by atoms with van der Waals surface area (Å²) in [4.78, 5) is 6.77. The second-order valence-corrected chi connectivity index (χ2v) is 9.95. The molecule has 1 atom stereocenters. The number of hydrogen-bond donors (Lipinski definition) is 1. The summed E-state index contributed by atoms with van der Waals surface area (Å²) in [7, 11) is -3.56. The molecule has 1 saturated heterocycles. The van der Waals surface area contributed by atoms with Crippen molar-refractivity contribution in [1.82, 2.24) is 14.6 Å². The Kier molecular flexibility index (Phi) is 8.43. The predicted molar refractivity (Wildman–Crippen MR) is 131 cm³/mol. The molecule has 32 heavy (non-hydrogen) atoms. The van der Waals surface area contributed by atoms with Crippen LogP contribution in [0.3, 0.4) is 0 Å². The first-order valence-electron chi connectivity index (χ1n) is 10.8. The Hall–Kier alpha value is -2.25. The zero-order valence-corrected chi connectivity index (χ0v) is 19.9. The minimum Gasteiger partial charge on any atom is -0.300 e. The average Bonchev–Trinajstić information content (AvgIpc) is 3.22. The number of pyridine rings is 1. The third-order valence-electron chi connectivity index (χ3n) is 6.05. The molecule has 1 aliphatic rings. The van der Waals surface area contributed by atoms with Crippen LogP contribution in [0.4, 0.5) is 0 Å². The maximum Gasteiger partial charge on any atom is 0.240 e. The van der Waals surface area contributed by atoms with E-state index in [9.17, 15) is 8.42 Å². The monoisotopic (exact) mass is 471 g/mol. The van der Waals surface area contributed by atoms with Crippen molar-refractivity contribution in [2.24, 2.45) is 0 Å². The molecule has 1 aliphatic heterocycles. The van der Waals surface area contributed by atoms with Crippen molar-refractivity contribution in [2.45, 2.75) is 43.7 Å². The molecule has 170 valence electrons. The van der Waals surface area contributed by atoms with Crippen LogP contribution in [0, 0.1) is 0 Å². The van der Waals surface area contributed by atoms with E-state index in [1.54, 1.807) is 36.7 Å². The van der Waals surface area contributed by atoms with Gasteiger partial charge in [0.1, 0.15) is 0 Å². The van der Waals surface area contributed by atoms with Crippen molar-refractivity contribution in [3.8, 4) is 11.1 Å². The summed E-state index contributed by atoms with van der Waals surface area (Å²) in [5, 5.41) is 0. The first kappa shape index (κ1) is 24.4. The number of halogens is 1. The Balaban J connectivity index is 0.00000289. The minimum atomic E-state index is -3.56. The van der Waals surface area contributed by atoms with Gasteiger partial charge in [0.25, 0.3) is 0 Å². The second kappa shape index (κ2) is 11.1. The lowest BCUT2D eigenvalue weighted by molar-refractivity contribution is 0.272. The van der Waals surface area contributed by atoms with Crippen molar-refractivity contribution in [3.63, 3.8) is 0 Å². The molecule has 2 aromatic carbocycles. The maximum atomic E-state index is 12.6. The maximum absolute atomic E-state index is 12.6. The van der Waals surface area contributed by atoms with Gasteiger partial charge in [0.2, 0.25) is 10.0 Å². The van der Waals surface area contributed by atoms with Gasteiger partial charge in [-0.15, -0.1) is 12.4 Å². The van der Waals surface area contributed by atoms with Crippen LogP contribution < -0.4 is 4.72 Å². The second-order valence-electron chi connectivity index (χ2n) is 8.18. The van der Waals surface area contributed by atoms with Crippen LogP contribution >= 0.6 is 12.4 Å². The van der Waals surface area contributed by atoms with Gasteiger partial charge in [0.15, 0.2) is 0 Å². The SMILES string of the molecule is C[C@@H]1CCCN1CCc1ccc(-c2ccc(S(=O)(=O)NCc3ccncc3)cc2)cc1.Cl. The summed E-state index contributed by atoms with van der Waals surface area (Å²) in [5.41, 5.74) is 4.30. The highest BCUT2D eigenvalue weighted by Crippen LogP contribution is 2.23. The van der Waals surface area contributed by atoms with Gasteiger partial charge in [-0.1, -0.05) is 36.4 Å². The molecule has 4 rings (SSSR count). The van der Waals surface area contributed by atoms with Crippen molar-refractivity contribution in [2.75, 3.05) is 13.1 Å². The van der Waals surface area contributed by atoms with E-state index in [1.165, 1.54) is 24.9 Å². The predicted octanol–water partition coefficient (Wildman–Crippen LogP) is 4.68. The average molecular weight is 472 g/mol. The Labute approximate surface area is 197 Å². The van der Waals surface area contributed by atoms with E-state index < -0.39 is 10.0 Å². The van der Waals surface area contributed by atoms with Crippen LogP contribution in [0.5, 0.6) is 0 Å². The van der Waals surface area contributed by atoms with Gasteiger partial charge in [0, 0.05) is 31.5 Å². The highest BCUT2D eigenvalue weighted by atomic mass is 35.5. The summed E-state index contributed by atoms with van der Waals surface area (Å²) in [6.45, 7) is 4.88. The van der Waals surface area contributed by atoms with Gasteiger partial charge in [-0.2, -0.15) is 0 Å². The normalized spacial score (nSPS) is 16.6. The highest BCUT2D eigenvalue weighted by Gasteiger charge is 2.19. The lowest BCUT2D eigenvalue weighted by atomic mass is 10.0. The fourth-order valence-corrected chi connectivity index (χ4v) is 5.07. The molecule has 5 nitrogen and oxygen atoms in total. The third-order valence-corrected chi connectivity index (χ3v) is 7.46. The fraction of sp³-hybridized carbons (Fsp3) is 0.320. The van der Waals surface area contributed by atoms with E-state index in [2.05, 4.69) is 45.8 Å². The molecular formula is C25H30ClN3O2S. The molecule has 1 fully saturated rings. The van der Waals surface area contributed by atoms with Crippen molar-refractivity contribution in [3.05, 3.63) is 84.2 Å². The zero-order chi connectivity index (χ0) is 21.7. The topological polar surface area (TPSA) is 62.3 Å². The fourth-order valence-electron chi connectivity index (χ4n) is 4.05. The zero-order valence-electron chi connectivity index (χ0n) is 18.3. The van der Waals surface area contributed by atoms with E-state index in [0.29, 0.717) is 6.04 Å². The Bertz CT molecular complexity index is 1090. The lowest BCUT2D eigenvalue weighted by Crippen LogP contribution is -2.28. The Morgan fingerprint density at radius 2 is 1.56 bits per heavy atom. The van der Waals surface area contributed by atoms with Gasteiger partial charge in [-0.3, -0.25) is 4.98 Å². The quantitative estimate of drug-likeness (QED) is 0.518. The molecule has 0 amide bonds. The molecule has 0 bridgehead atoms. The van der Waals surface area contributed by atoms with Crippen LogP contribution in [-0.4, -0.2) is 37.4 Å². The van der Waals surface area contributed by atoms with Crippen LogP contribution in [0.2, 0.25) is 0 Å². The van der Waals surface area contributed by atoms with Crippen LogP contribution in [0.15, 0.2) is 78.0 Å². The van der Waals surface area contributed by atoms with E-state index in [1.807, 2.05) is 12.1 Å².